The maximum Gasteiger partial charge on any atom is 0.264 e. The van der Waals surface area contributed by atoms with Gasteiger partial charge in [0.25, 0.3) is 10.0 Å². The van der Waals surface area contributed by atoms with Crippen molar-refractivity contribution >= 4 is 44.0 Å². The van der Waals surface area contributed by atoms with Crippen LogP contribution in [0.5, 0.6) is 0 Å². The zero-order chi connectivity index (χ0) is 14.0. The van der Waals surface area contributed by atoms with Gasteiger partial charge in [-0.15, -0.1) is 0 Å². The number of nitrogens with two attached hydrogens (primary N) is 1. The number of anilines is 2. The molecular weight excluding hydrogens is 382 g/mol. The van der Waals surface area contributed by atoms with E-state index in [1.54, 1.807) is 18.2 Å². The second-order valence-electron chi connectivity index (χ2n) is 3.81. The fourth-order valence-corrected chi connectivity index (χ4v) is 3.15. The van der Waals surface area contributed by atoms with Gasteiger partial charge in [0.2, 0.25) is 0 Å². The third kappa shape index (κ3) is 3.35. The van der Waals surface area contributed by atoms with Crippen molar-refractivity contribution in [3.8, 4) is 0 Å². The summed E-state index contributed by atoms with van der Waals surface area (Å²) in [6.45, 7) is 0. The average molecular weight is 392 g/mol. The van der Waals surface area contributed by atoms with Crippen LogP contribution in [0.3, 0.4) is 0 Å². The summed E-state index contributed by atoms with van der Waals surface area (Å²) in [5.41, 5.74) is 5.94. The topological polar surface area (TPSA) is 72.2 Å². The van der Waals surface area contributed by atoms with Crippen LogP contribution in [-0.4, -0.2) is 8.42 Å². The highest BCUT2D eigenvalue weighted by molar-refractivity contribution is 14.1. The number of halogens is 2. The molecule has 0 aliphatic heterocycles. The zero-order valence-corrected chi connectivity index (χ0v) is 12.6. The van der Waals surface area contributed by atoms with Crippen molar-refractivity contribution in [2.45, 2.75) is 4.90 Å². The molecule has 0 fully saturated rings. The Labute approximate surface area is 124 Å². The molecule has 19 heavy (non-hydrogen) atoms. The Hall–Kier alpha value is -1.35. The van der Waals surface area contributed by atoms with Gasteiger partial charge in [-0.1, -0.05) is 6.07 Å². The van der Waals surface area contributed by atoms with Crippen molar-refractivity contribution in [2.75, 3.05) is 10.5 Å². The van der Waals surface area contributed by atoms with Crippen LogP contribution in [0.2, 0.25) is 0 Å². The van der Waals surface area contributed by atoms with E-state index in [1.165, 1.54) is 6.07 Å². The summed E-state index contributed by atoms with van der Waals surface area (Å²) in [4.78, 5) is -0.430. The monoisotopic (exact) mass is 392 g/mol. The van der Waals surface area contributed by atoms with E-state index in [9.17, 15) is 12.8 Å². The molecule has 3 N–H and O–H groups in total. The predicted molar refractivity (Wildman–Crippen MR) is 80.8 cm³/mol. The molecule has 2 aromatic rings. The van der Waals surface area contributed by atoms with Gasteiger partial charge in [0.05, 0.1) is 0 Å². The summed E-state index contributed by atoms with van der Waals surface area (Å²) < 4.78 is 40.9. The fourth-order valence-electron chi connectivity index (χ4n) is 1.50. The minimum absolute atomic E-state index is 0.172. The number of benzene rings is 2. The lowest BCUT2D eigenvalue weighted by Gasteiger charge is -2.09. The quantitative estimate of drug-likeness (QED) is 0.624. The van der Waals surface area contributed by atoms with Crippen molar-refractivity contribution in [3.05, 3.63) is 51.9 Å². The highest BCUT2D eigenvalue weighted by atomic mass is 127. The summed E-state index contributed by atoms with van der Waals surface area (Å²) in [6, 6.07) is 10.2. The summed E-state index contributed by atoms with van der Waals surface area (Å²) in [6.07, 6.45) is 0. The van der Waals surface area contributed by atoms with E-state index in [-0.39, 0.29) is 5.69 Å². The van der Waals surface area contributed by atoms with Crippen LogP contribution in [-0.2, 0) is 10.0 Å². The molecule has 0 amide bonds. The van der Waals surface area contributed by atoms with Crippen LogP contribution in [0.1, 0.15) is 0 Å². The Morgan fingerprint density at radius 3 is 2.53 bits per heavy atom. The van der Waals surface area contributed by atoms with Gasteiger partial charge in [-0.3, -0.25) is 4.72 Å². The summed E-state index contributed by atoms with van der Waals surface area (Å²) >= 11 is 2.06. The minimum Gasteiger partial charge on any atom is -0.399 e. The molecule has 0 radical (unpaired) electrons. The van der Waals surface area contributed by atoms with Crippen LogP contribution in [0.4, 0.5) is 15.8 Å². The summed E-state index contributed by atoms with van der Waals surface area (Å²) in [7, 11) is -3.96. The Balaban J connectivity index is 2.38. The van der Waals surface area contributed by atoms with E-state index in [0.717, 1.165) is 15.7 Å². The normalized spacial score (nSPS) is 11.3. The van der Waals surface area contributed by atoms with Crippen LogP contribution < -0.4 is 10.5 Å². The number of sulfonamides is 1. The Bertz CT molecular complexity index is 719. The van der Waals surface area contributed by atoms with Crippen LogP contribution in [0.15, 0.2) is 47.4 Å². The Kier molecular flexibility index (Phi) is 3.95. The van der Waals surface area contributed by atoms with Crippen molar-refractivity contribution in [1.82, 2.24) is 0 Å². The molecule has 4 nitrogen and oxygen atoms in total. The van der Waals surface area contributed by atoms with Crippen molar-refractivity contribution in [3.63, 3.8) is 0 Å². The molecule has 0 atom stereocenters. The van der Waals surface area contributed by atoms with E-state index < -0.39 is 20.7 Å². The molecule has 0 saturated carbocycles. The van der Waals surface area contributed by atoms with Crippen LogP contribution in [0.25, 0.3) is 0 Å². The molecule has 0 saturated heterocycles. The molecule has 7 heteroatoms. The molecule has 100 valence electrons. The molecule has 0 unspecified atom stereocenters. The highest BCUT2D eigenvalue weighted by Gasteiger charge is 2.19. The summed E-state index contributed by atoms with van der Waals surface area (Å²) in [5, 5.41) is 0. The number of hydrogen-bond acceptors (Lipinski definition) is 3. The number of rotatable bonds is 3. The van der Waals surface area contributed by atoms with Crippen molar-refractivity contribution < 1.29 is 12.8 Å². The first-order chi connectivity index (χ1) is 8.88. The molecule has 0 aromatic heterocycles. The standard InChI is InChI=1S/C12H10FIN2O2S/c13-11-7-9(15)4-5-12(11)19(17,18)16-10-3-1-2-8(14)6-10/h1-7,16H,15H2. The van der Waals surface area contributed by atoms with Crippen molar-refractivity contribution in [2.24, 2.45) is 0 Å². The molecule has 0 aliphatic rings. The van der Waals surface area contributed by atoms with E-state index in [4.69, 9.17) is 5.73 Å². The largest absolute Gasteiger partial charge is 0.399 e. The van der Waals surface area contributed by atoms with Gasteiger partial charge in [0, 0.05) is 14.9 Å². The van der Waals surface area contributed by atoms with Gasteiger partial charge in [-0.05, 0) is 59.0 Å². The molecular formula is C12H10FIN2O2S. The smallest absolute Gasteiger partial charge is 0.264 e. The maximum atomic E-state index is 13.6. The Morgan fingerprint density at radius 1 is 1.16 bits per heavy atom. The average Bonchev–Trinajstić information content (AvgIpc) is 2.27. The third-order valence-electron chi connectivity index (χ3n) is 2.32. The first-order valence-electron chi connectivity index (χ1n) is 5.22. The van der Waals surface area contributed by atoms with E-state index >= 15 is 0 Å². The number of nitrogen functional groups attached to an aromatic ring is 1. The summed E-state index contributed by atoms with van der Waals surface area (Å²) in [5.74, 6) is -0.877. The van der Waals surface area contributed by atoms with Crippen LogP contribution in [0, 0.1) is 9.39 Å². The molecule has 0 heterocycles. The Morgan fingerprint density at radius 2 is 1.89 bits per heavy atom. The molecule has 0 spiro atoms. The van der Waals surface area contributed by atoms with Gasteiger partial charge >= 0.3 is 0 Å². The molecule has 0 aliphatic carbocycles. The highest BCUT2D eigenvalue weighted by Crippen LogP contribution is 2.21. The second-order valence-corrected chi connectivity index (χ2v) is 6.70. The van der Waals surface area contributed by atoms with E-state index in [2.05, 4.69) is 27.3 Å². The second kappa shape index (κ2) is 5.33. The molecule has 0 bridgehead atoms. The number of hydrogen-bond donors (Lipinski definition) is 2. The van der Waals surface area contributed by atoms with Gasteiger partial charge in [-0.2, -0.15) is 0 Å². The van der Waals surface area contributed by atoms with Gasteiger partial charge in [-0.25, -0.2) is 12.8 Å². The molecule has 2 aromatic carbocycles. The number of nitrogens with one attached hydrogen (secondary N) is 1. The third-order valence-corrected chi connectivity index (χ3v) is 4.41. The first kappa shape index (κ1) is 14.1. The fraction of sp³-hybridized carbons (Fsp3) is 0. The molecule has 2 rings (SSSR count). The van der Waals surface area contributed by atoms with E-state index in [0.29, 0.717) is 5.69 Å². The maximum absolute atomic E-state index is 13.6. The van der Waals surface area contributed by atoms with Crippen LogP contribution >= 0.6 is 22.6 Å². The predicted octanol–water partition coefficient (Wildman–Crippen LogP) is 2.81. The van der Waals surface area contributed by atoms with E-state index in [1.807, 2.05) is 6.07 Å². The SMILES string of the molecule is Nc1ccc(S(=O)(=O)Nc2cccc(I)c2)c(F)c1. The first-order valence-corrected chi connectivity index (χ1v) is 7.78. The van der Waals surface area contributed by atoms with Gasteiger partial charge in [0.15, 0.2) is 0 Å². The lowest BCUT2D eigenvalue weighted by molar-refractivity contribution is 0.571. The van der Waals surface area contributed by atoms with Crippen molar-refractivity contribution in [1.29, 1.82) is 0 Å². The zero-order valence-electron chi connectivity index (χ0n) is 9.60. The minimum atomic E-state index is -3.96. The lowest BCUT2D eigenvalue weighted by atomic mass is 10.3. The lowest BCUT2D eigenvalue weighted by Crippen LogP contribution is -2.14. The van der Waals surface area contributed by atoms with Gasteiger partial charge in [0.1, 0.15) is 10.7 Å². The van der Waals surface area contributed by atoms with Gasteiger partial charge < -0.3 is 5.73 Å².